The minimum Gasteiger partial charge on any atom is -0.465 e. The van der Waals surface area contributed by atoms with E-state index in [0.717, 1.165) is 19.3 Å². The van der Waals surface area contributed by atoms with Crippen LogP contribution in [0.2, 0.25) is 0 Å². The molecule has 0 aromatic rings. The first kappa shape index (κ1) is 25.4. The highest BCUT2D eigenvalue weighted by Crippen LogP contribution is 2.13. The van der Waals surface area contributed by atoms with Crippen LogP contribution in [0.15, 0.2) is 0 Å². The van der Waals surface area contributed by atoms with E-state index in [1.165, 1.54) is 77.0 Å². The summed E-state index contributed by atoms with van der Waals surface area (Å²) in [6.45, 7) is 2.61. The predicted octanol–water partition coefficient (Wildman–Crippen LogP) is 5.39. The van der Waals surface area contributed by atoms with Crippen molar-refractivity contribution in [2.24, 2.45) is 5.92 Å². The van der Waals surface area contributed by atoms with E-state index >= 15 is 0 Å². The van der Waals surface area contributed by atoms with E-state index in [9.17, 15) is 4.79 Å². The summed E-state index contributed by atoms with van der Waals surface area (Å²) in [5, 5.41) is 17.6. The molecule has 1 atom stereocenters. The van der Waals surface area contributed by atoms with Crippen LogP contribution in [0.25, 0.3) is 0 Å². The van der Waals surface area contributed by atoms with E-state index in [0.29, 0.717) is 19.6 Å². The van der Waals surface area contributed by atoms with Gasteiger partial charge in [0.05, 0.1) is 6.61 Å². The molecule has 4 heteroatoms. The van der Waals surface area contributed by atoms with Gasteiger partial charge in [-0.15, -0.1) is 0 Å². The molecule has 0 saturated carbocycles. The Kier molecular flexibility index (Phi) is 20.2. The molecule has 0 aromatic carbocycles. The highest BCUT2D eigenvalue weighted by Gasteiger charge is 2.06. The lowest BCUT2D eigenvalue weighted by atomic mass is 10.0. The van der Waals surface area contributed by atoms with Crippen LogP contribution in [0.5, 0.6) is 0 Å². The average molecular weight is 373 g/mol. The minimum atomic E-state index is -0.126. The van der Waals surface area contributed by atoms with Gasteiger partial charge in [-0.3, -0.25) is 4.79 Å². The summed E-state index contributed by atoms with van der Waals surface area (Å²) in [6.07, 6.45) is 19.3. The monoisotopic (exact) mass is 372 g/mol. The molecule has 0 radical (unpaired) electrons. The van der Waals surface area contributed by atoms with Gasteiger partial charge in [-0.1, -0.05) is 90.4 Å². The maximum absolute atomic E-state index is 11.5. The molecule has 2 N–H and O–H groups in total. The summed E-state index contributed by atoms with van der Waals surface area (Å²) in [7, 11) is 0. The van der Waals surface area contributed by atoms with Crippen LogP contribution in [-0.2, 0) is 9.53 Å². The van der Waals surface area contributed by atoms with Crippen LogP contribution in [0, 0.1) is 5.92 Å². The van der Waals surface area contributed by atoms with Crippen molar-refractivity contribution >= 4 is 5.97 Å². The van der Waals surface area contributed by atoms with Crippen molar-refractivity contribution in [2.75, 3.05) is 19.8 Å². The topological polar surface area (TPSA) is 66.8 Å². The Hall–Kier alpha value is -0.610. The first-order valence-electron chi connectivity index (χ1n) is 11.1. The fourth-order valence-corrected chi connectivity index (χ4v) is 3.04. The maximum Gasteiger partial charge on any atom is 0.305 e. The Labute approximate surface area is 161 Å². The third kappa shape index (κ3) is 19.7. The van der Waals surface area contributed by atoms with E-state index in [2.05, 4.69) is 0 Å². The molecule has 0 saturated heterocycles. The molecule has 26 heavy (non-hydrogen) atoms. The van der Waals surface area contributed by atoms with Gasteiger partial charge in [0.25, 0.3) is 0 Å². The molecule has 0 aliphatic carbocycles. The molecule has 1 unspecified atom stereocenters. The van der Waals surface area contributed by atoms with Crippen molar-refractivity contribution in [3.8, 4) is 0 Å². The summed E-state index contributed by atoms with van der Waals surface area (Å²) in [6, 6.07) is 0. The normalized spacial score (nSPS) is 12.3. The molecule has 0 rings (SSSR count). The van der Waals surface area contributed by atoms with Gasteiger partial charge in [-0.25, -0.2) is 0 Å². The van der Waals surface area contributed by atoms with Gasteiger partial charge in [-0.2, -0.15) is 0 Å². The van der Waals surface area contributed by atoms with Crippen LogP contribution >= 0.6 is 0 Å². The Morgan fingerprint density at radius 2 is 1.08 bits per heavy atom. The molecule has 0 spiro atoms. The number of unbranched alkanes of at least 4 members (excludes halogenated alkanes) is 14. The molecule has 0 bridgehead atoms. The van der Waals surface area contributed by atoms with E-state index in [1.807, 2.05) is 6.92 Å². The number of rotatable bonds is 20. The first-order chi connectivity index (χ1) is 12.7. The van der Waals surface area contributed by atoms with E-state index in [4.69, 9.17) is 14.9 Å². The Balaban J connectivity index is 3.12. The van der Waals surface area contributed by atoms with E-state index < -0.39 is 0 Å². The van der Waals surface area contributed by atoms with Gasteiger partial charge in [0.1, 0.15) is 0 Å². The smallest absolute Gasteiger partial charge is 0.305 e. The van der Waals surface area contributed by atoms with Crippen LogP contribution in [0.3, 0.4) is 0 Å². The quantitative estimate of drug-likeness (QED) is 0.222. The molecule has 0 aromatic heterocycles. The van der Waals surface area contributed by atoms with Gasteiger partial charge in [-0.05, 0) is 12.8 Å². The summed E-state index contributed by atoms with van der Waals surface area (Å²) in [5.74, 6) is -0.0884. The number of ether oxygens (including phenoxy) is 1. The van der Waals surface area contributed by atoms with Crippen molar-refractivity contribution in [3.05, 3.63) is 0 Å². The highest BCUT2D eigenvalue weighted by atomic mass is 16.5. The summed E-state index contributed by atoms with van der Waals surface area (Å²) in [5.41, 5.74) is 0. The lowest BCUT2D eigenvalue weighted by molar-refractivity contribution is -0.145. The van der Waals surface area contributed by atoms with Crippen molar-refractivity contribution < 1.29 is 19.7 Å². The van der Waals surface area contributed by atoms with Gasteiger partial charge in [0.15, 0.2) is 0 Å². The largest absolute Gasteiger partial charge is 0.465 e. The second kappa shape index (κ2) is 20.7. The van der Waals surface area contributed by atoms with Gasteiger partial charge in [0.2, 0.25) is 0 Å². The highest BCUT2D eigenvalue weighted by molar-refractivity contribution is 5.69. The Bertz CT molecular complexity index is 294. The second-order valence-corrected chi connectivity index (χ2v) is 7.75. The Morgan fingerprint density at radius 1 is 0.692 bits per heavy atom. The first-order valence-corrected chi connectivity index (χ1v) is 11.1. The number of esters is 1. The lowest BCUT2D eigenvalue weighted by Gasteiger charge is -2.08. The van der Waals surface area contributed by atoms with Crippen LogP contribution in [-0.4, -0.2) is 36.0 Å². The number of carbonyl (C=O) groups excluding carboxylic acids is 1. The fourth-order valence-electron chi connectivity index (χ4n) is 3.04. The average Bonchev–Trinajstić information content (AvgIpc) is 2.65. The zero-order chi connectivity index (χ0) is 19.3. The third-order valence-corrected chi connectivity index (χ3v) is 4.88. The number of carbonyl (C=O) groups is 1. The SMILES string of the molecule is CC(CO)COC(=O)CCCCCCCCCCCCCCCCCO. The van der Waals surface area contributed by atoms with Crippen molar-refractivity contribution in [1.29, 1.82) is 0 Å². The van der Waals surface area contributed by atoms with Crippen molar-refractivity contribution in [3.63, 3.8) is 0 Å². The molecule has 156 valence electrons. The fraction of sp³-hybridized carbons (Fsp3) is 0.955. The molecular formula is C22H44O4. The van der Waals surface area contributed by atoms with Gasteiger partial charge < -0.3 is 14.9 Å². The zero-order valence-electron chi connectivity index (χ0n) is 17.2. The number of aliphatic hydroxyl groups is 2. The molecule has 0 amide bonds. The molecule has 0 aliphatic heterocycles. The number of aliphatic hydroxyl groups excluding tert-OH is 2. The van der Waals surface area contributed by atoms with E-state index in [-0.39, 0.29) is 18.5 Å². The Morgan fingerprint density at radius 3 is 1.46 bits per heavy atom. The minimum absolute atomic E-state index is 0.0378. The third-order valence-electron chi connectivity index (χ3n) is 4.88. The van der Waals surface area contributed by atoms with Crippen LogP contribution in [0.1, 0.15) is 110 Å². The standard InChI is InChI=1S/C22H44O4/c1-21(19-24)20-26-22(25)17-15-13-11-9-7-5-3-2-4-6-8-10-12-14-16-18-23/h21,23-24H,2-20H2,1H3. The van der Waals surface area contributed by atoms with Gasteiger partial charge >= 0.3 is 5.97 Å². The summed E-state index contributed by atoms with van der Waals surface area (Å²) >= 11 is 0. The maximum atomic E-state index is 11.5. The van der Waals surface area contributed by atoms with Crippen LogP contribution in [0.4, 0.5) is 0 Å². The molecule has 0 heterocycles. The second-order valence-electron chi connectivity index (χ2n) is 7.75. The van der Waals surface area contributed by atoms with Crippen LogP contribution < -0.4 is 0 Å². The van der Waals surface area contributed by atoms with Crippen molar-refractivity contribution in [1.82, 2.24) is 0 Å². The van der Waals surface area contributed by atoms with Crippen molar-refractivity contribution in [2.45, 2.75) is 110 Å². The van der Waals surface area contributed by atoms with Gasteiger partial charge in [0, 0.05) is 25.6 Å². The van der Waals surface area contributed by atoms with E-state index in [1.54, 1.807) is 0 Å². The number of hydrogen-bond acceptors (Lipinski definition) is 4. The molecular weight excluding hydrogens is 328 g/mol. The zero-order valence-corrected chi connectivity index (χ0v) is 17.2. The molecule has 0 aliphatic rings. The number of hydrogen-bond donors (Lipinski definition) is 2. The lowest BCUT2D eigenvalue weighted by Crippen LogP contribution is -2.14. The summed E-state index contributed by atoms with van der Waals surface area (Å²) in [4.78, 5) is 11.5. The molecule has 4 nitrogen and oxygen atoms in total. The molecule has 0 fully saturated rings. The summed E-state index contributed by atoms with van der Waals surface area (Å²) < 4.78 is 5.11. The predicted molar refractivity (Wildman–Crippen MR) is 108 cm³/mol.